The minimum absolute atomic E-state index is 0.181. The molecule has 2 N–H and O–H groups in total. The van der Waals surface area contributed by atoms with E-state index in [2.05, 4.69) is 20.6 Å². The summed E-state index contributed by atoms with van der Waals surface area (Å²) in [6.07, 6.45) is 4.68. The highest BCUT2D eigenvalue weighted by Gasteiger charge is 2.36. The van der Waals surface area contributed by atoms with Gasteiger partial charge in [0.15, 0.2) is 0 Å². The Morgan fingerprint density at radius 2 is 2.19 bits per heavy atom. The van der Waals surface area contributed by atoms with E-state index in [0.717, 1.165) is 5.56 Å². The fourth-order valence-corrected chi connectivity index (χ4v) is 3.59. The number of nitrogens with zero attached hydrogens (tertiary/aromatic N) is 4. The second kappa shape index (κ2) is 6.21. The summed E-state index contributed by atoms with van der Waals surface area (Å²) >= 11 is 0. The van der Waals surface area contributed by atoms with Crippen molar-refractivity contribution in [3.05, 3.63) is 41.0 Å². The molecule has 1 saturated carbocycles. The van der Waals surface area contributed by atoms with Crippen molar-refractivity contribution in [1.29, 1.82) is 0 Å². The Bertz CT molecular complexity index is 971. The zero-order valence-electron chi connectivity index (χ0n) is 14.9. The number of carbonyl (C=O) groups is 1. The van der Waals surface area contributed by atoms with Gasteiger partial charge in [-0.15, -0.1) is 0 Å². The monoisotopic (exact) mass is 355 g/mol. The van der Waals surface area contributed by atoms with E-state index >= 15 is 0 Å². The van der Waals surface area contributed by atoms with Gasteiger partial charge in [-0.2, -0.15) is 5.10 Å². The lowest BCUT2D eigenvalue weighted by Gasteiger charge is -2.37. The number of hydrogen-bond donors (Lipinski definition) is 2. The second-order valence-electron chi connectivity index (χ2n) is 7.04. The van der Waals surface area contributed by atoms with Crippen LogP contribution in [0.3, 0.4) is 0 Å². The molecule has 4 rings (SSSR count). The first-order valence-electron chi connectivity index (χ1n) is 8.63. The zero-order valence-corrected chi connectivity index (χ0v) is 14.9. The molecule has 3 heterocycles. The van der Waals surface area contributed by atoms with Crippen molar-refractivity contribution in [3.8, 4) is 0 Å². The quantitative estimate of drug-likeness (QED) is 0.739. The molecule has 3 aromatic rings. The molecule has 0 unspecified atom stereocenters. The third kappa shape index (κ3) is 2.86. The molecule has 26 heavy (non-hydrogen) atoms. The predicted molar refractivity (Wildman–Crippen MR) is 93.4 cm³/mol. The molecule has 8 heteroatoms. The molecule has 0 aromatic carbocycles. The Morgan fingerprint density at radius 3 is 2.85 bits per heavy atom. The van der Waals surface area contributed by atoms with Gasteiger partial charge in [0, 0.05) is 24.5 Å². The highest BCUT2D eigenvalue weighted by molar-refractivity contribution is 6.06. The summed E-state index contributed by atoms with van der Waals surface area (Å²) in [5, 5.41) is 21.6. The number of hydrogen-bond acceptors (Lipinski definition) is 6. The van der Waals surface area contributed by atoms with Gasteiger partial charge in [0.25, 0.3) is 11.6 Å². The summed E-state index contributed by atoms with van der Waals surface area (Å²) in [6, 6.07) is 1.54. The normalized spacial score (nSPS) is 20.8. The van der Waals surface area contributed by atoms with E-state index in [1.165, 1.54) is 0 Å². The number of carbonyl (C=O) groups excluding carboxylic acids is 1. The summed E-state index contributed by atoms with van der Waals surface area (Å²) in [5.41, 5.74) is 3.12. The molecule has 1 atom stereocenters. The van der Waals surface area contributed by atoms with Crippen molar-refractivity contribution in [2.45, 2.75) is 38.8 Å². The molecule has 0 spiro atoms. The Kier molecular flexibility index (Phi) is 3.99. The van der Waals surface area contributed by atoms with Gasteiger partial charge < -0.3 is 14.9 Å². The number of amides is 1. The van der Waals surface area contributed by atoms with Crippen molar-refractivity contribution < 1.29 is 14.4 Å². The second-order valence-corrected chi connectivity index (χ2v) is 7.04. The number of aliphatic hydroxyl groups is 1. The third-order valence-electron chi connectivity index (χ3n) is 4.98. The maximum absolute atomic E-state index is 13.1. The van der Waals surface area contributed by atoms with Crippen LogP contribution >= 0.6 is 0 Å². The number of aliphatic hydroxyl groups excluding tert-OH is 1. The van der Waals surface area contributed by atoms with Gasteiger partial charge >= 0.3 is 0 Å². The smallest absolute Gasteiger partial charge is 0.258 e. The van der Waals surface area contributed by atoms with Crippen molar-refractivity contribution in [1.82, 2.24) is 25.2 Å². The summed E-state index contributed by atoms with van der Waals surface area (Å²) in [7, 11) is 1.84. The standard InChI is InChI=1S/C18H21N5O3/c1-9-4-14(15-10(2)22-26-18(15)20-9)17(25)21-16(11-5-13(24)6-11)12-7-19-23(3)8-12/h4,7-8,11,13,16,24H,5-6H2,1-3H3,(H,21,25)/t11?,13?,16-/m1/s1. The molecule has 0 saturated heterocycles. The van der Waals surface area contributed by atoms with Gasteiger partial charge in [-0.05, 0) is 38.7 Å². The first-order valence-corrected chi connectivity index (χ1v) is 8.63. The van der Waals surface area contributed by atoms with Crippen molar-refractivity contribution in [3.63, 3.8) is 0 Å². The topological polar surface area (TPSA) is 106 Å². The van der Waals surface area contributed by atoms with Crippen LogP contribution in [0, 0.1) is 19.8 Å². The lowest BCUT2D eigenvalue weighted by Crippen LogP contribution is -2.41. The number of nitrogens with one attached hydrogen (secondary N) is 1. The van der Waals surface area contributed by atoms with Gasteiger partial charge in [0.2, 0.25) is 0 Å². The molecule has 3 aromatic heterocycles. The summed E-state index contributed by atoms with van der Waals surface area (Å²) in [6.45, 7) is 3.61. The van der Waals surface area contributed by atoms with E-state index in [0.29, 0.717) is 40.9 Å². The first-order chi connectivity index (χ1) is 12.4. The Balaban J connectivity index is 1.68. The zero-order chi connectivity index (χ0) is 18.4. The highest BCUT2D eigenvalue weighted by atomic mass is 16.5. The van der Waals surface area contributed by atoms with Crippen LogP contribution in [0.4, 0.5) is 0 Å². The molecule has 1 amide bonds. The summed E-state index contributed by atoms with van der Waals surface area (Å²) in [5.74, 6) is -0.0258. The molecule has 0 aliphatic heterocycles. The van der Waals surface area contributed by atoms with Crippen LogP contribution in [-0.2, 0) is 7.05 Å². The maximum atomic E-state index is 13.1. The Labute approximate surface area is 150 Å². The minimum Gasteiger partial charge on any atom is -0.393 e. The summed E-state index contributed by atoms with van der Waals surface area (Å²) < 4.78 is 6.93. The number of pyridine rings is 1. The number of fused-ring (bicyclic) bond motifs is 1. The number of rotatable bonds is 4. The lowest BCUT2D eigenvalue weighted by atomic mass is 9.75. The van der Waals surface area contributed by atoms with Crippen molar-refractivity contribution in [2.75, 3.05) is 0 Å². The Hall–Kier alpha value is -2.74. The largest absolute Gasteiger partial charge is 0.393 e. The van der Waals surface area contributed by atoms with Gasteiger partial charge in [-0.1, -0.05) is 5.16 Å². The maximum Gasteiger partial charge on any atom is 0.258 e. The first kappa shape index (κ1) is 16.7. The summed E-state index contributed by atoms with van der Waals surface area (Å²) in [4.78, 5) is 17.4. The van der Waals surface area contributed by atoms with Gasteiger partial charge in [0.1, 0.15) is 0 Å². The number of aryl methyl sites for hydroxylation is 3. The van der Waals surface area contributed by atoms with Gasteiger partial charge in [-0.3, -0.25) is 9.48 Å². The van der Waals surface area contributed by atoms with Crippen molar-refractivity contribution >= 4 is 17.0 Å². The highest BCUT2D eigenvalue weighted by Crippen LogP contribution is 2.38. The minimum atomic E-state index is -0.300. The van der Waals surface area contributed by atoms with Gasteiger partial charge in [-0.25, -0.2) is 4.98 Å². The third-order valence-corrected chi connectivity index (χ3v) is 4.98. The van der Waals surface area contributed by atoms with Crippen LogP contribution in [0.2, 0.25) is 0 Å². The Morgan fingerprint density at radius 1 is 1.42 bits per heavy atom. The molecule has 1 aliphatic rings. The SMILES string of the molecule is Cc1cc(C(=O)N[C@@H](c2cnn(C)c2)C2CC(O)C2)c2c(C)noc2n1. The fourth-order valence-electron chi connectivity index (χ4n) is 3.59. The van der Waals surface area contributed by atoms with E-state index in [1.807, 2.05) is 20.2 Å². The van der Waals surface area contributed by atoms with Crippen LogP contribution in [0.15, 0.2) is 23.0 Å². The lowest BCUT2D eigenvalue weighted by molar-refractivity contribution is 0.0235. The van der Waals surface area contributed by atoms with E-state index in [1.54, 1.807) is 23.9 Å². The van der Waals surface area contributed by atoms with E-state index in [-0.39, 0.29) is 24.0 Å². The molecule has 8 nitrogen and oxygen atoms in total. The molecule has 0 radical (unpaired) electrons. The molecule has 136 valence electrons. The van der Waals surface area contributed by atoms with Crippen LogP contribution < -0.4 is 5.32 Å². The molecular weight excluding hydrogens is 334 g/mol. The van der Waals surface area contributed by atoms with E-state index in [4.69, 9.17) is 4.52 Å². The van der Waals surface area contributed by atoms with Crippen LogP contribution in [0.5, 0.6) is 0 Å². The average Bonchev–Trinajstić information content (AvgIpc) is 3.15. The van der Waals surface area contributed by atoms with E-state index < -0.39 is 0 Å². The van der Waals surface area contributed by atoms with Crippen molar-refractivity contribution in [2.24, 2.45) is 13.0 Å². The number of aromatic nitrogens is 4. The van der Waals surface area contributed by atoms with Crippen LogP contribution in [0.25, 0.3) is 11.1 Å². The van der Waals surface area contributed by atoms with Gasteiger partial charge in [0.05, 0.1) is 35.0 Å². The fraction of sp³-hybridized carbons (Fsp3) is 0.444. The molecule has 0 bridgehead atoms. The molecule has 1 aliphatic carbocycles. The predicted octanol–water partition coefficient (Wildman–Crippen LogP) is 1.82. The average molecular weight is 355 g/mol. The van der Waals surface area contributed by atoms with Crippen LogP contribution in [-0.4, -0.2) is 37.0 Å². The molecular formula is C18H21N5O3. The van der Waals surface area contributed by atoms with Crippen LogP contribution in [0.1, 0.15) is 46.2 Å². The molecule has 1 fully saturated rings. The van der Waals surface area contributed by atoms with E-state index in [9.17, 15) is 9.90 Å².